The number of anilines is 1. The molecular weight excluding hydrogens is 272 g/mol. The van der Waals surface area contributed by atoms with Gasteiger partial charge in [0.25, 0.3) is 0 Å². The third-order valence-corrected chi connectivity index (χ3v) is 5.30. The Kier molecular flexibility index (Phi) is 3.93. The van der Waals surface area contributed by atoms with E-state index in [1.54, 1.807) is 5.57 Å². The normalized spacial score (nSPS) is 28.2. The molecule has 2 atom stereocenters. The Morgan fingerprint density at radius 3 is 2.59 bits per heavy atom. The van der Waals surface area contributed by atoms with Gasteiger partial charge in [0.2, 0.25) is 0 Å². The summed E-state index contributed by atoms with van der Waals surface area (Å²) in [5, 5.41) is 0. The van der Waals surface area contributed by atoms with E-state index in [-0.39, 0.29) is 0 Å². The topological polar surface area (TPSA) is 15.7 Å². The number of ether oxygens (including phenoxy) is 1. The molecule has 2 bridgehead atoms. The molecule has 1 aromatic carbocycles. The van der Waals surface area contributed by atoms with Crippen molar-refractivity contribution in [1.29, 1.82) is 0 Å². The van der Waals surface area contributed by atoms with Crippen LogP contribution in [0.5, 0.6) is 0 Å². The van der Waals surface area contributed by atoms with Gasteiger partial charge in [0.15, 0.2) is 0 Å². The Bertz CT molecular complexity index is 545. The van der Waals surface area contributed by atoms with Crippen LogP contribution in [0.1, 0.15) is 25.3 Å². The van der Waals surface area contributed by atoms with E-state index in [0.717, 1.165) is 32.2 Å². The summed E-state index contributed by atoms with van der Waals surface area (Å²) < 4.78 is 5.44. The lowest BCUT2D eigenvalue weighted by Gasteiger charge is -2.30. The maximum Gasteiger partial charge on any atom is 0.0642 e. The Morgan fingerprint density at radius 2 is 1.91 bits per heavy atom. The van der Waals surface area contributed by atoms with Crippen LogP contribution < -0.4 is 4.90 Å². The van der Waals surface area contributed by atoms with E-state index in [9.17, 15) is 0 Å². The summed E-state index contributed by atoms with van der Waals surface area (Å²) in [7, 11) is 0. The number of fused-ring (bicyclic) bond motifs is 2. The molecule has 2 saturated heterocycles. The van der Waals surface area contributed by atoms with Gasteiger partial charge in [0.1, 0.15) is 0 Å². The number of hydrogen-bond acceptors (Lipinski definition) is 3. The van der Waals surface area contributed by atoms with E-state index in [1.807, 2.05) is 0 Å². The fourth-order valence-electron chi connectivity index (χ4n) is 4.26. The predicted molar refractivity (Wildman–Crippen MR) is 91.2 cm³/mol. The minimum Gasteiger partial charge on any atom is -0.378 e. The summed E-state index contributed by atoms with van der Waals surface area (Å²) in [5.41, 5.74) is 4.32. The molecule has 4 rings (SSSR count). The molecule has 1 aliphatic carbocycles. The maximum absolute atomic E-state index is 5.44. The average Bonchev–Trinajstić information content (AvgIpc) is 3.16. The van der Waals surface area contributed by atoms with Crippen molar-refractivity contribution in [1.82, 2.24) is 4.90 Å². The van der Waals surface area contributed by atoms with E-state index < -0.39 is 0 Å². The second-order valence-electron chi connectivity index (χ2n) is 6.77. The number of rotatable bonds is 4. The molecule has 2 heterocycles. The predicted octanol–water partition coefficient (Wildman–Crippen LogP) is 3.02. The number of nitrogens with zero attached hydrogens (tertiary/aromatic N) is 2. The third kappa shape index (κ3) is 2.57. The standard InChI is InChI=1S/C19H26N2O/c1-2-7-21-14-15-12-18(19(21)13-15)16-3-5-17(6-4-16)20-8-10-22-11-9-20/h3-6,12,15,19H,2,7-11,13-14H2,1H3. The van der Waals surface area contributed by atoms with E-state index in [0.29, 0.717) is 6.04 Å². The molecule has 22 heavy (non-hydrogen) atoms. The Hall–Kier alpha value is -1.32. The fraction of sp³-hybridized carbons (Fsp3) is 0.579. The third-order valence-electron chi connectivity index (χ3n) is 5.30. The van der Waals surface area contributed by atoms with Crippen molar-refractivity contribution in [2.24, 2.45) is 5.92 Å². The van der Waals surface area contributed by atoms with Gasteiger partial charge in [-0.05, 0) is 48.6 Å². The van der Waals surface area contributed by atoms with Crippen molar-refractivity contribution in [2.75, 3.05) is 44.3 Å². The van der Waals surface area contributed by atoms with E-state index in [4.69, 9.17) is 4.74 Å². The molecule has 118 valence electrons. The maximum atomic E-state index is 5.44. The first-order valence-corrected chi connectivity index (χ1v) is 8.74. The van der Waals surface area contributed by atoms with E-state index in [2.05, 4.69) is 47.1 Å². The highest BCUT2D eigenvalue weighted by atomic mass is 16.5. The van der Waals surface area contributed by atoms with E-state index in [1.165, 1.54) is 37.2 Å². The first kappa shape index (κ1) is 14.3. The lowest BCUT2D eigenvalue weighted by molar-refractivity contribution is 0.122. The fourth-order valence-corrected chi connectivity index (χ4v) is 4.26. The highest BCUT2D eigenvalue weighted by Gasteiger charge is 2.38. The quantitative estimate of drug-likeness (QED) is 0.850. The van der Waals surface area contributed by atoms with Crippen LogP contribution in [0.2, 0.25) is 0 Å². The first-order chi connectivity index (χ1) is 10.8. The minimum atomic E-state index is 0.666. The van der Waals surface area contributed by atoms with Gasteiger partial charge in [-0.25, -0.2) is 0 Å². The van der Waals surface area contributed by atoms with Crippen LogP contribution in [0.3, 0.4) is 0 Å². The lowest BCUT2D eigenvalue weighted by atomic mass is 9.99. The second-order valence-corrected chi connectivity index (χ2v) is 6.77. The molecule has 0 spiro atoms. The van der Waals surface area contributed by atoms with E-state index >= 15 is 0 Å². The highest BCUT2D eigenvalue weighted by Crippen LogP contribution is 2.41. The summed E-state index contributed by atoms with van der Waals surface area (Å²) in [4.78, 5) is 5.10. The number of benzene rings is 1. The van der Waals surface area contributed by atoms with Gasteiger partial charge in [-0.1, -0.05) is 25.1 Å². The largest absolute Gasteiger partial charge is 0.378 e. The second kappa shape index (κ2) is 6.05. The molecule has 0 aromatic heterocycles. The summed E-state index contributed by atoms with van der Waals surface area (Å²) >= 11 is 0. The molecule has 2 fully saturated rings. The molecule has 3 nitrogen and oxygen atoms in total. The molecule has 0 amide bonds. The summed E-state index contributed by atoms with van der Waals surface area (Å²) in [6, 6.07) is 9.89. The number of hydrogen-bond donors (Lipinski definition) is 0. The van der Waals surface area contributed by atoms with Crippen molar-refractivity contribution in [3.8, 4) is 0 Å². The van der Waals surface area contributed by atoms with Gasteiger partial charge in [-0.15, -0.1) is 0 Å². The van der Waals surface area contributed by atoms with Crippen molar-refractivity contribution in [2.45, 2.75) is 25.8 Å². The molecule has 2 unspecified atom stereocenters. The lowest BCUT2D eigenvalue weighted by Crippen LogP contribution is -2.36. The molecule has 0 radical (unpaired) electrons. The Morgan fingerprint density at radius 1 is 1.14 bits per heavy atom. The first-order valence-electron chi connectivity index (χ1n) is 8.74. The van der Waals surface area contributed by atoms with Crippen LogP contribution in [-0.4, -0.2) is 50.3 Å². The van der Waals surface area contributed by atoms with Crippen LogP contribution in [0, 0.1) is 5.92 Å². The zero-order valence-electron chi connectivity index (χ0n) is 13.5. The zero-order chi connectivity index (χ0) is 14.9. The molecule has 1 aromatic rings. The highest BCUT2D eigenvalue weighted by molar-refractivity contribution is 5.74. The Labute approximate surface area is 133 Å². The summed E-state index contributed by atoms with van der Waals surface area (Å²) in [6.45, 7) is 8.52. The SMILES string of the molecule is CCCN1CC2C=C(c3ccc(N4CCOCC4)cc3)C1C2. The summed E-state index contributed by atoms with van der Waals surface area (Å²) in [5.74, 6) is 0.783. The summed E-state index contributed by atoms with van der Waals surface area (Å²) in [6.07, 6.45) is 5.12. The van der Waals surface area contributed by atoms with Crippen LogP contribution in [0.25, 0.3) is 5.57 Å². The van der Waals surface area contributed by atoms with Gasteiger partial charge in [0.05, 0.1) is 13.2 Å². The molecule has 3 aliphatic rings. The van der Waals surface area contributed by atoms with Gasteiger partial charge in [-0.3, -0.25) is 4.90 Å². The van der Waals surface area contributed by atoms with Crippen LogP contribution >= 0.6 is 0 Å². The molecule has 0 N–H and O–H groups in total. The molecular formula is C19H26N2O. The van der Waals surface area contributed by atoms with Crippen molar-refractivity contribution in [3.05, 3.63) is 35.9 Å². The van der Waals surface area contributed by atoms with Gasteiger partial charge < -0.3 is 9.64 Å². The molecule has 0 saturated carbocycles. The number of morpholine rings is 1. The van der Waals surface area contributed by atoms with Crippen LogP contribution in [0.4, 0.5) is 5.69 Å². The van der Waals surface area contributed by atoms with Crippen molar-refractivity contribution < 1.29 is 4.74 Å². The number of likely N-dealkylation sites (tertiary alicyclic amines) is 1. The van der Waals surface area contributed by atoms with Crippen molar-refractivity contribution in [3.63, 3.8) is 0 Å². The van der Waals surface area contributed by atoms with Gasteiger partial charge >= 0.3 is 0 Å². The molecule has 3 heteroatoms. The van der Waals surface area contributed by atoms with Gasteiger partial charge in [0, 0.05) is 31.4 Å². The molecule has 2 aliphatic heterocycles. The zero-order valence-corrected chi connectivity index (χ0v) is 13.5. The van der Waals surface area contributed by atoms with Crippen LogP contribution in [-0.2, 0) is 4.74 Å². The average molecular weight is 298 g/mol. The van der Waals surface area contributed by atoms with Gasteiger partial charge in [-0.2, -0.15) is 0 Å². The Balaban J connectivity index is 1.50. The smallest absolute Gasteiger partial charge is 0.0642 e. The van der Waals surface area contributed by atoms with Crippen molar-refractivity contribution >= 4 is 11.3 Å². The minimum absolute atomic E-state index is 0.666. The van der Waals surface area contributed by atoms with Crippen LogP contribution in [0.15, 0.2) is 30.3 Å². The monoisotopic (exact) mass is 298 g/mol.